The Hall–Kier alpha value is -1.10. The molecule has 0 atom stereocenters. The molecule has 1 aliphatic heterocycles. The minimum Gasteiger partial charge on any atom is -0.386 e. The molecule has 2 amide bonds. The van der Waals surface area contributed by atoms with Gasteiger partial charge in [0.25, 0.3) is 0 Å². The summed E-state index contributed by atoms with van der Waals surface area (Å²) in [5.74, 6) is -0.226. The number of amides is 2. The van der Waals surface area contributed by atoms with Crippen molar-refractivity contribution in [3.8, 4) is 0 Å². The lowest BCUT2D eigenvalue weighted by molar-refractivity contribution is -0.158. The van der Waals surface area contributed by atoms with Crippen LogP contribution in [0.15, 0.2) is 0 Å². The van der Waals surface area contributed by atoms with E-state index in [4.69, 9.17) is 0 Å². The number of carbonyl (C=O) groups excluding carboxylic acids is 2. The van der Waals surface area contributed by atoms with E-state index >= 15 is 0 Å². The molecule has 0 aromatic heterocycles. The van der Waals surface area contributed by atoms with Gasteiger partial charge < -0.3 is 14.9 Å². The van der Waals surface area contributed by atoms with Gasteiger partial charge in [0.05, 0.1) is 25.2 Å². The molecule has 1 saturated heterocycles. The normalized spacial score (nSPS) is 17.9. The van der Waals surface area contributed by atoms with E-state index in [9.17, 15) is 14.7 Å². The number of β-amino-alcohol motifs (C(OH)–C–C–N with tert-alkyl or cyclic N) is 1. The van der Waals surface area contributed by atoms with Crippen molar-refractivity contribution in [2.45, 2.75) is 32.3 Å². The third-order valence-corrected chi connectivity index (χ3v) is 2.95. The Bertz CT molecular complexity index is 285. The van der Waals surface area contributed by atoms with Crippen LogP contribution in [0.5, 0.6) is 0 Å². The lowest BCUT2D eigenvalue weighted by atomic mass is 9.89. The van der Waals surface area contributed by atoms with Crippen LogP contribution >= 0.6 is 0 Å². The Balaban J connectivity index is 2.35. The van der Waals surface area contributed by atoms with Crippen LogP contribution in [0.4, 0.5) is 0 Å². The van der Waals surface area contributed by atoms with Gasteiger partial charge in [-0.2, -0.15) is 0 Å². The van der Waals surface area contributed by atoms with Gasteiger partial charge in [0.1, 0.15) is 0 Å². The second kappa shape index (κ2) is 4.82. The lowest BCUT2D eigenvalue weighted by Crippen LogP contribution is -2.64. The molecule has 1 N–H and O–H groups in total. The second-order valence-corrected chi connectivity index (χ2v) is 4.60. The Kier molecular flexibility index (Phi) is 3.91. The first-order valence-corrected chi connectivity index (χ1v) is 5.60. The van der Waals surface area contributed by atoms with Gasteiger partial charge in [0.15, 0.2) is 0 Å². The first kappa shape index (κ1) is 13.0. The predicted molar refractivity (Wildman–Crippen MR) is 59.7 cm³/mol. The van der Waals surface area contributed by atoms with Gasteiger partial charge in [-0.25, -0.2) is 0 Å². The summed E-state index contributed by atoms with van der Waals surface area (Å²) < 4.78 is 0. The van der Waals surface area contributed by atoms with Crippen molar-refractivity contribution < 1.29 is 14.7 Å². The molecular weight excluding hydrogens is 208 g/mol. The number of aliphatic hydroxyl groups is 1. The summed E-state index contributed by atoms with van der Waals surface area (Å²) in [5.41, 5.74) is -0.695. The lowest BCUT2D eigenvalue weighted by Gasteiger charge is -2.46. The van der Waals surface area contributed by atoms with Crippen LogP contribution in [-0.2, 0) is 9.59 Å². The molecule has 1 heterocycles. The van der Waals surface area contributed by atoms with Crippen molar-refractivity contribution in [2.75, 3.05) is 26.7 Å². The van der Waals surface area contributed by atoms with Gasteiger partial charge in [-0.05, 0) is 6.42 Å². The Morgan fingerprint density at radius 2 is 2.00 bits per heavy atom. The monoisotopic (exact) mass is 228 g/mol. The first-order valence-electron chi connectivity index (χ1n) is 5.60. The zero-order valence-electron chi connectivity index (χ0n) is 10.2. The molecule has 92 valence electrons. The maximum absolute atomic E-state index is 11.7. The van der Waals surface area contributed by atoms with Crippen LogP contribution in [0.2, 0.25) is 0 Å². The third-order valence-electron chi connectivity index (χ3n) is 2.95. The van der Waals surface area contributed by atoms with Crippen molar-refractivity contribution in [2.24, 2.45) is 0 Å². The Morgan fingerprint density at radius 1 is 1.44 bits per heavy atom. The van der Waals surface area contributed by atoms with Crippen LogP contribution in [0.3, 0.4) is 0 Å². The van der Waals surface area contributed by atoms with E-state index in [1.54, 1.807) is 11.9 Å². The van der Waals surface area contributed by atoms with Gasteiger partial charge >= 0.3 is 0 Å². The van der Waals surface area contributed by atoms with Gasteiger partial charge in [-0.1, -0.05) is 13.3 Å². The van der Waals surface area contributed by atoms with Gasteiger partial charge in [-0.3, -0.25) is 9.59 Å². The summed E-state index contributed by atoms with van der Waals surface area (Å²) in [7, 11) is 1.60. The predicted octanol–water partition coefficient (Wildman–Crippen LogP) is -0.162. The van der Waals surface area contributed by atoms with E-state index in [0.29, 0.717) is 13.1 Å². The molecule has 0 bridgehead atoms. The largest absolute Gasteiger partial charge is 0.386 e. The van der Waals surface area contributed by atoms with Crippen LogP contribution in [-0.4, -0.2) is 59.0 Å². The molecule has 0 aliphatic carbocycles. The smallest absolute Gasteiger partial charge is 0.242 e. The Morgan fingerprint density at radius 3 is 2.44 bits per heavy atom. The average molecular weight is 228 g/mol. The molecule has 1 aliphatic rings. The maximum atomic E-state index is 11.7. The minimum atomic E-state index is -0.695. The zero-order chi connectivity index (χ0) is 12.3. The molecule has 5 nitrogen and oxygen atoms in total. The number of nitrogens with zero attached hydrogens (tertiary/aromatic N) is 2. The summed E-state index contributed by atoms with van der Waals surface area (Å²) in [4.78, 5) is 25.6. The summed E-state index contributed by atoms with van der Waals surface area (Å²) in [6.45, 7) is 4.32. The molecular formula is C11H20N2O3. The van der Waals surface area contributed by atoms with E-state index in [0.717, 1.165) is 12.8 Å². The molecule has 0 unspecified atom stereocenters. The van der Waals surface area contributed by atoms with Crippen molar-refractivity contribution in [1.29, 1.82) is 0 Å². The molecule has 16 heavy (non-hydrogen) atoms. The topological polar surface area (TPSA) is 60.9 Å². The van der Waals surface area contributed by atoms with Crippen LogP contribution in [0.1, 0.15) is 26.7 Å². The zero-order valence-corrected chi connectivity index (χ0v) is 10.2. The molecule has 1 fully saturated rings. The molecule has 1 rings (SSSR count). The number of likely N-dealkylation sites (tertiary alicyclic amines) is 1. The quantitative estimate of drug-likeness (QED) is 0.727. The van der Waals surface area contributed by atoms with Gasteiger partial charge in [0, 0.05) is 14.0 Å². The van der Waals surface area contributed by atoms with E-state index in [2.05, 4.69) is 0 Å². The van der Waals surface area contributed by atoms with E-state index in [1.165, 1.54) is 11.8 Å². The highest BCUT2D eigenvalue weighted by atomic mass is 16.3. The SMILES string of the molecule is CCCC1(O)CN(C(=O)CN(C)C(C)=O)C1. The fourth-order valence-corrected chi connectivity index (χ4v) is 1.88. The second-order valence-electron chi connectivity index (χ2n) is 4.60. The van der Waals surface area contributed by atoms with E-state index in [-0.39, 0.29) is 18.4 Å². The molecule has 0 saturated carbocycles. The van der Waals surface area contributed by atoms with Crippen molar-refractivity contribution in [3.05, 3.63) is 0 Å². The molecule has 5 heteroatoms. The van der Waals surface area contributed by atoms with Crippen molar-refractivity contribution >= 4 is 11.8 Å². The summed E-state index contributed by atoms with van der Waals surface area (Å²) in [5, 5.41) is 9.90. The first-order chi connectivity index (χ1) is 7.38. The maximum Gasteiger partial charge on any atom is 0.242 e. The molecule has 0 radical (unpaired) electrons. The minimum absolute atomic E-state index is 0.0948. The standard InChI is InChI=1S/C11H20N2O3/c1-4-5-11(16)7-13(8-11)10(15)6-12(3)9(2)14/h16H,4-8H2,1-3H3. The number of likely N-dealkylation sites (N-methyl/N-ethyl adjacent to an activating group) is 1. The molecule has 0 aromatic carbocycles. The van der Waals surface area contributed by atoms with Gasteiger partial charge in [-0.15, -0.1) is 0 Å². The van der Waals surface area contributed by atoms with Crippen molar-refractivity contribution in [3.63, 3.8) is 0 Å². The number of carbonyl (C=O) groups is 2. The Labute approximate surface area is 96.0 Å². The van der Waals surface area contributed by atoms with Crippen molar-refractivity contribution in [1.82, 2.24) is 9.80 Å². The summed E-state index contributed by atoms with van der Waals surface area (Å²) in [6, 6.07) is 0. The fourth-order valence-electron chi connectivity index (χ4n) is 1.88. The highest BCUT2D eigenvalue weighted by Crippen LogP contribution is 2.25. The number of rotatable bonds is 4. The van der Waals surface area contributed by atoms with E-state index in [1.807, 2.05) is 6.92 Å². The highest BCUT2D eigenvalue weighted by molar-refractivity contribution is 5.84. The van der Waals surface area contributed by atoms with Crippen LogP contribution < -0.4 is 0 Å². The van der Waals surface area contributed by atoms with Crippen LogP contribution in [0, 0.1) is 0 Å². The summed E-state index contributed by atoms with van der Waals surface area (Å²) >= 11 is 0. The third kappa shape index (κ3) is 2.95. The molecule has 0 aromatic rings. The highest BCUT2D eigenvalue weighted by Gasteiger charge is 2.42. The van der Waals surface area contributed by atoms with E-state index < -0.39 is 5.60 Å². The summed E-state index contributed by atoms with van der Waals surface area (Å²) in [6.07, 6.45) is 1.63. The molecule has 0 spiro atoms. The fraction of sp³-hybridized carbons (Fsp3) is 0.818. The van der Waals surface area contributed by atoms with Crippen LogP contribution in [0.25, 0.3) is 0 Å². The van der Waals surface area contributed by atoms with Gasteiger partial charge in [0.2, 0.25) is 11.8 Å². The number of hydrogen-bond acceptors (Lipinski definition) is 3. The number of hydrogen-bond donors (Lipinski definition) is 1. The average Bonchev–Trinajstić information content (AvgIpc) is 2.13.